The number of thiophene rings is 1. The molecule has 2 N–H and O–H groups in total. The van der Waals surface area contributed by atoms with E-state index in [1.807, 2.05) is 13.8 Å². The van der Waals surface area contributed by atoms with Gasteiger partial charge in [-0.05, 0) is 38.0 Å². The van der Waals surface area contributed by atoms with Crippen LogP contribution in [0.1, 0.15) is 34.6 Å². The third-order valence-corrected chi connectivity index (χ3v) is 5.18. The molecule has 0 atom stereocenters. The Labute approximate surface area is 160 Å². The maximum Gasteiger partial charge on any atom is 0.341 e. The highest BCUT2D eigenvalue weighted by Gasteiger charge is 2.22. The van der Waals surface area contributed by atoms with Crippen LogP contribution in [0.3, 0.4) is 0 Å². The number of nitrogens with one attached hydrogen (secondary N) is 2. The first-order valence-corrected chi connectivity index (χ1v) is 9.26. The van der Waals surface area contributed by atoms with E-state index in [-0.39, 0.29) is 24.7 Å². The lowest BCUT2D eigenvalue weighted by molar-refractivity contribution is -0.384. The van der Waals surface area contributed by atoms with Crippen molar-refractivity contribution in [3.63, 3.8) is 0 Å². The van der Waals surface area contributed by atoms with E-state index in [0.717, 1.165) is 16.9 Å². The molecule has 0 radical (unpaired) electrons. The number of nitrogens with zero attached hydrogens (tertiary/aromatic N) is 1. The normalized spacial score (nSPS) is 10.3. The smallest absolute Gasteiger partial charge is 0.341 e. The zero-order valence-electron chi connectivity index (χ0n) is 15.3. The summed E-state index contributed by atoms with van der Waals surface area (Å²) >= 11 is 1.36. The fourth-order valence-corrected chi connectivity index (χ4v) is 3.64. The van der Waals surface area contributed by atoms with Crippen molar-refractivity contribution >= 4 is 39.6 Å². The molecule has 0 saturated heterocycles. The van der Waals surface area contributed by atoms with E-state index < -0.39 is 10.9 Å². The van der Waals surface area contributed by atoms with E-state index in [1.165, 1.54) is 35.6 Å². The van der Waals surface area contributed by atoms with Crippen LogP contribution in [0.15, 0.2) is 24.3 Å². The molecule has 1 aromatic carbocycles. The maximum absolute atomic E-state index is 12.3. The van der Waals surface area contributed by atoms with Crippen LogP contribution in [-0.4, -0.2) is 30.0 Å². The molecule has 9 heteroatoms. The van der Waals surface area contributed by atoms with Gasteiger partial charge in [-0.2, -0.15) is 0 Å². The number of nitro groups is 1. The third-order valence-electron chi connectivity index (χ3n) is 3.83. The first kappa shape index (κ1) is 20.4. The highest BCUT2D eigenvalue weighted by molar-refractivity contribution is 7.17. The van der Waals surface area contributed by atoms with Crippen LogP contribution in [-0.2, 0) is 16.0 Å². The van der Waals surface area contributed by atoms with Crippen LogP contribution in [0.5, 0.6) is 0 Å². The van der Waals surface area contributed by atoms with Crippen LogP contribution >= 0.6 is 11.3 Å². The van der Waals surface area contributed by atoms with E-state index >= 15 is 0 Å². The number of carbonyl (C=O) groups excluding carboxylic acids is 2. The Morgan fingerprint density at radius 3 is 2.44 bits per heavy atom. The summed E-state index contributed by atoms with van der Waals surface area (Å²) in [6.07, 6.45) is 0.750. The Bertz CT molecular complexity index is 845. The summed E-state index contributed by atoms with van der Waals surface area (Å²) in [5.74, 6) is -0.785. The molecule has 0 bridgehead atoms. The van der Waals surface area contributed by atoms with Gasteiger partial charge in [0.1, 0.15) is 5.00 Å². The Balaban J connectivity index is 2.06. The fourth-order valence-electron chi connectivity index (χ4n) is 2.49. The Hall–Kier alpha value is -2.94. The van der Waals surface area contributed by atoms with Gasteiger partial charge in [0.15, 0.2) is 0 Å². The molecule has 27 heavy (non-hydrogen) atoms. The maximum atomic E-state index is 12.3. The topological polar surface area (TPSA) is 111 Å². The molecule has 0 spiro atoms. The second-order valence-corrected chi connectivity index (χ2v) is 6.74. The van der Waals surface area contributed by atoms with Crippen molar-refractivity contribution in [2.75, 3.05) is 23.8 Å². The molecule has 1 amide bonds. The number of non-ortho nitro benzene ring substituents is 1. The summed E-state index contributed by atoms with van der Waals surface area (Å²) in [7, 11) is 0. The molecule has 0 aliphatic rings. The minimum atomic E-state index is -0.488. The van der Waals surface area contributed by atoms with Gasteiger partial charge in [-0.25, -0.2) is 4.79 Å². The number of ether oxygens (including phenoxy) is 1. The summed E-state index contributed by atoms with van der Waals surface area (Å²) in [4.78, 5) is 35.7. The molecule has 1 aromatic heterocycles. The number of rotatable bonds is 8. The summed E-state index contributed by atoms with van der Waals surface area (Å²) in [5, 5.41) is 16.8. The zero-order valence-corrected chi connectivity index (χ0v) is 16.1. The van der Waals surface area contributed by atoms with Crippen molar-refractivity contribution in [1.29, 1.82) is 0 Å². The van der Waals surface area contributed by atoms with Crippen molar-refractivity contribution in [3.8, 4) is 0 Å². The molecule has 0 unspecified atom stereocenters. The molecule has 0 aliphatic heterocycles. The lowest BCUT2D eigenvalue weighted by Crippen LogP contribution is -2.22. The molecule has 1 heterocycles. The van der Waals surface area contributed by atoms with Crippen LogP contribution in [0.4, 0.5) is 16.4 Å². The number of aryl methyl sites for hydroxylation is 1. The predicted molar refractivity (Wildman–Crippen MR) is 105 cm³/mol. The monoisotopic (exact) mass is 391 g/mol. The summed E-state index contributed by atoms with van der Waals surface area (Å²) < 4.78 is 5.09. The van der Waals surface area contributed by atoms with Gasteiger partial charge < -0.3 is 15.4 Å². The molecule has 144 valence electrons. The van der Waals surface area contributed by atoms with Gasteiger partial charge in [0.25, 0.3) is 5.69 Å². The van der Waals surface area contributed by atoms with Gasteiger partial charge in [-0.1, -0.05) is 6.92 Å². The summed E-state index contributed by atoms with van der Waals surface area (Å²) in [6, 6.07) is 5.77. The minimum Gasteiger partial charge on any atom is -0.462 e. The number of anilines is 2. The van der Waals surface area contributed by atoms with Gasteiger partial charge >= 0.3 is 5.97 Å². The fraction of sp³-hybridized carbons (Fsp3) is 0.333. The number of esters is 1. The lowest BCUT2D eigenvalue weighted by Gasteiger charge is -2.09. The molecular formula is C18H21N3O5S. The number of nitro benzene ring substituents is 1. The summed E-state index contributed by atoms with van der Waals surface area (Å²) in [5.41, 5.74) is 1.77. The number of amides is 1. The Kier molecular flexibility index (Phi) is 6.89. The van der Waals surface area contributed by atoms with E-state index in [0.29, 0.717) is 16.3 Å². The predicted octanol–water partition coefficient (Wildman–Crippen LogP) is 3.75. The lowest BCUT2D eigenvalue weighted by atomic mass is 10.1. The van der Waals surface area contributed by atoms with Crippen molar-refractivity contribution in [3.05, 3.63) is 50.4 Å². The quantitative estimate of drug-likeness (QED) is 0.403. The zero-order chi connectivity index (χ0) is 20.0. The van der Waals surface area contributed by atoms with Gasteiger partial charge in [0.2, 0.25) is 5.91 Å². The first-order valence-electron chi connectivity index (χ1n) is 8.44. The SMILES string of the molecule is CCOC(=O)c1c(NC(=O)CNc2ccc([N+](=O)[O-])cc2)sc(CC)c1C. The second-order valence-electron chi connectivity index (χ2n) is 5.63. The van der Waals surface area contributed by atoms with Crippen molar-refractivity contribution in [1.82, 2.24) is 0 Å². The van der Waals surface area contributed by atoms with Gasteiger partial charge in [-0.15, -0.1) is 11.3 Å². The number of hydrogen-bond donors (Lipinski definition) is 2. The highest BCUT2D eigenvalue weighted by atomic mass is 32.1. The largest absolute Gasteiger partial charge is 0.462 e. The highest BCUT2D eigenvalue weighted by Crippen LogP contribution is 2.34. The average Bonchev–Trinajstić information content (AvgIpc) is 2.95. The van der Waals surface area contributed by atoms with Gasteiger partial charge in [0.05, 0.1) is 23.6 Å². The first-order chi connectivity index (χ1) is 12.9. The van der Waals surface area contributed by atoms with E-state index in [2.05, 4.69) is 10.6 Å². The average molecular weight is 391 g/mol. The second kappa shape index (κ2) is 9.13. The van der Waals surface area contributed by atoms with Crippen LogP contribution < -0.4 is 10.6 Å². The number of carbonyl (C=O) groups is 2. The van der Waals surface area contributed by atoms with Gasteiger partial charge in [0, 0.05) is 22.7 Å². The van der Waals surface area contributed by atoms with Crippen molar-refractivity contribution < 1.29 is 19.2 Å². The summed E-state index contributed by atoms with van der Waals surface area (Å²) in [6.45, 7) is 5.76. The minimum absolute atomic E-state index is 0.0229. The molecule has 0 fully saturated rings. The number of benzene rings is 1. The molecular weight excluding hydrogens is 370 g/mol. The molecule has 2 rings (SSSR count). The molecule has 0 aliphatic carbocycles. The Morgan fingerprint density at radius 2 is 1.89 bits per heavy atom. The molecule has 0 saturated carbocycles. The van der Waals surface area contributed by atoms with E-state index in [4.69, 9.17) is 4.74 Å². The standard InChI is InChI=1S/C18H21N3O5S/c1-4-14-11(3)16(18(23)26-5-2)17(27-14)20-15(22)10-19-12-6-8-13(9-7-12)21(24)25/h6-9,19H,4-5,10H2,1-3H3,(H,20,22). The molecule has 2 aromatic rings. The third kappa shape index (κ3) is 5.04. The number of hydrogen-bond acceptors (Lipinski definition) is 7. The van der Waals surface area contributed by atoms with Crippen LogP contribution in [0, 0.1) is 17.0 Å². The van der Waals surface area contributed by atoms with Crippen LogP contribution in [0.25, 0.3) is 0 Å². The van der Waals surface area contributed by atoms with E-state index in [1.54, 1.807) is 6.92 Å². The van der Waals surface area contributed by atoms with Crippen molar-refractivity contribution in [2.24, 2.45) is 0 Å². The van der Waals surface area contributed by atoms with Gasteiger partial charge in [-0.3, -0.25) is 14.9 Å². The molecule has 8 nitrogen and oxygen atoms in total. The Morgan fingerprint density at radius 1 is 1.22 bits per heavy atom. The van der Waals surface area contributed by atoms with Crippen LogP contribution in [0.2, 0.25) is 0 Å². The van der Waals surface area contributed by atoms with Crippen molar-refractivity contribution in [2.45, 2.75) is 27.2 Å². The van der Waals surface area contributed by atoms with E-state index in [9.17, 15) is 19.7 Å².